The predicted molar refractivity (Wildman–Crippen MR) is 125 cm³/mol. The lowest BCUT2D eigenvalue weighted by molar-refractivity contribution is 0.00590. The molecular weight excluding hydrogens is 402 g/mol. The first kappa shape index (κ1) is 21.4. The largest absolute Gasteiger partial charge is 0.497 e. The van der Waals surface area contributed by atoms with E-state index in [0.29, 0.717) is 22.4 Å². The van der Waals surface area contributed by atoms with E-state index in [0.717, 1.165) is 10.9 Å². The molecule has 0 atom stereocenters. The number of esters is 1. The topological polar surface area (TPSA) is 57.5 Å². The lowest BCUT2D eigenvalue weighted by Crippen LogP contribution is -2.27. The third-order valence-electron chi connectivity index (χ3n) is 5.07. The normalized spacial score (nSPS) is 11.4. The van der Waals surface area contributed by atoms with E-state index < -0.39 is 11.6 Å². The Hall–Kier alpha value is -3.86. The zero-order chi connectivity index (χ0) is 22.9. The number of nitrogens with zero attached hydrogens (tertiary/aromatic N) is 1. The van der Waals surface area contributed by atoms with E-state index in [-0.39, 0.29) is 11.6 Å². The Morgan fingerprint density at radius 2 is 1.44 bits per heavy atom. The second-order valence-corrected chi connectivity index (χ2v) is 8.48. The monoisotopic (exact) mass is 427 g/mol. The van der Waals surface area contributed by atoms with Crippen LogP contribution in [-0.4, -0.2) is 29.2 Å². The molecule has 162 valence electrons. The molecule has 0 fully saturated rings. The molecular formula is C27H25NO4. The standard InChI is InChI=1S/C27H25NO4/c1-27(2,3)32-26(30)24-23(18-14-16-20(31-4)17-15-18)21-12-8-9-13-22(21)28(24)25(29)19-10-6-5-7-11-19/h5-17H,1-4H3. The highest BCUT2D eigenvalue weighted by Gasteiger charge is 2.30. The molecule has 1 aromatic heterocycles. The summed E-state index contributed by atoms with van der Waals surface area (Å²) in [6.45, 7) is 5.43. The minimum Gasteiger partial charge on any atom is -0.497 e. The molecule has 0 saturated heterocycles. The molecule has 4 aromatic rings. The summed E-state index contributed by atoms with van der Waals surface area (Å²) in [5.74, 6) is -0.136. The van der Waals surface area contributed by atoms with Crippen LogP contribution in [0.4, 0.5) is 0 Å². The van der Waals surface area contributed by atoms with Gasteiger partial charge in [0, 0.05) is 16.5 Å². The van der Waals surface area contributed by atoms with E-state index in [1.165, 1.54) is 4.57 Å². The fraction of sp³-hybridized carbons (Fsp3) is 0.185. The van der Waals surface area contributed by atoms with Crippen LogP contribution in [0.1, 0.15) is 41.6 Å². The van der Waals surface area contributed by atoms with Crippen molar-refractivity contribution < 1.29 is 19.1 Å². The van der Waals surface area contributed by atoms with Crippen LogP contribution in [-0.2, 0) is 4.74 Å². The van der Waals surface area contributed by atoms with E-state index in [4.69, 9.17) is 9.47 Å². The summed E-state index contributed by atoms with van der Waals surface area (Å²) in [6.07, 6.45) is 0. The molecule has 0 amide bonds. The molecule has 0 aliphatic carbocycles. The SMILES string of the molecule is COc1ccc(-c2c(C(=O)OC(C)(C)C)n(C(=O)c3ccccc3)c3ccccc23)cc1. The van der Waals surface area contributed by atoms with E-state index in [2.05, 4.69) is 0 Å². The van der Waals surface area contributed by atoms with Crippen LogP contribution >= 0.6 is 0 Å². The van der Waals surface area contributed by atoms with Crippen LogP contribution < -0.4 is 4.74 Å². The van der Waals surface area contributed by atoms with Crippen molar-refractivity contribution in [3.8, 4) is 16.9 Å². The zero-order valence-electron chi connectivity index (χ0n) is 18.6. The van der Waals surface area contributed by atoms with Crippen molar-refractivity contribution in [2.24, 2.45) is 0 Å². The van der Waals surface area contributed by atoms with Crippen LogP contribution in [0, 0.1) is 0 Å². The average Bonchev–Trinajstić information content (AvgIpc) is 3.13. The first-order valence-electron chi connectivity index (χ1n) is 10.4. The van der Waals surface area contributed by atoms with Crippen LogP contribution in [0.5, 0.6) is 5.75 Å². The number of carbonyl (C=O) groups excluding carboxylic acids is 2. The molecule has 0 spiro atoms. The molecule has 4 rings (SSSR count). The number of carbonyl (C=O) groups is 2. The molecule has 0 saturated carbocycles. The van der Waals surface area contributed by atoms with Gasteiger partial charge in [-0.2, -0.15) is 0 Å². The summed E-state index contributed by atoms with van der Waals surface area (Å²) < 4.78 is 12.5. The summed E-state index contributed by atoms with van der Waals surface area (Å²) in [4.78, 5) is 27.1. The van der Waals surface area contributed by atoms with Crippen molar-refractivity contribution in [1.82, 2.24) is 4.57 Å². The van der Waals surface area contributed by atoms with Crippen molar-refractivity contribution >= 4 is 22.8 Å². The van der Waals surface area contributed by atoms with Gasteiger partial charge >= 0.3 is 5.97 Å². The van der Waals surface area contributed by atoms with E-state index >= 15 is 0 Å². The highest BCUT2D eigenvalue weighted by Crippen LogP contribution is 2.37. The van der Waals surface area contributed by atoms with Crippen molar-refractivity contribution in [3.63, 3.8) is 0 Å². The summed E-state index contributed by atoms with van der Waals surface area (Å²) in [6, 6.07) is 23.9. The second kappa shape index (κ2) is 8.35. The summed E-state index contributed by atoms with van der Waals surface area (Å²) in [5.41, 5.74) is 2.07. The van der Waals surface area contributed by atoms with Gasteiger partial charge in [-0.3, -0.25) is 9.36 Å². The third kappa shape index (κ3) is 4.02. The van der Waals surface area contributed by atoms with Gasteiger partial charge in [0.2, 0.25) is 0 Å². The molecule has 0 radical (unpaired) electrons. The number of para-hydroxylation sites is 1. The predicted octanol–water partition coefficient (Wildman–Crippen LogP) is 5.96. The zero-order valence-corrected chi connectivity index (χ0v) is 18.6. The van der Waals surface area contributed by atoms with Gasteiger partial charge in [0.1, 0.15) is 17.0 Å². The Kier molecular flexibility index (Phi) is 5.57. The maximum atomic E-state index is 13.6. The molecule has 5 nitrogen and oxygen atoms in total. The molecule has 32 heavy (non-hydrogen) atoms. The molecule has 0 aliphatic rings. The number of aromatic nitrogens is 1. The van der Waals surface area contributed by atoms with Gasteiger partial charge < -0.3 is 9.47 Å². The van der Waals surface area contributed by atoms with E-state index in [1.54, 1.807) is 31.4 Å². The van der Waals surface area contributed by atoms with Crippen molar-refractivity contribution in [1.29, 1.82) is 0 Å². The number of hydrogen-bond donors (Lipinski definition) is 0. The Morgan fingerprint density at radius 3 is 2.06 bits per heavy atom. The van der Waals surface area contributed by atoms with Gasteiger partial charge in [-0.25, -0.2) is 4.79 Å². The molecule has 3 aromatic carbocycles. The van der Waals surface area contributed by atoms with E-state index in [9.17, 15) is 9.59 Å². The summed E-state index contributed by atoms with van der Waals surface area (Å²) in [5, 5.41) is 0.794. The van der Waals surface area contributed by atoms with Crippen molar-refractivity contribution in [2.45, 2.75) is 26.4 Å². The van der Waals surface area contributed by atoms with Gasteiger partial charge in [-0.15, -0.1) is 0 Å². The van der Waals surface area contributed by atoms with Crippen LogP contribution in [0.3, 0.4) is 0 Å². The Morgan fingerprint density at radius 1 is 0.812 bits per heavy atom. The van der Waals surface area contributed by atoms with Gasteiger partial charge in [0.25, 0.3) is 5.91 Å². The Labute approximate surface area is 187 Å². The number of rotatable bonds is 4. The molecule has 1 heterocycles. The molecule has 5 heteroatoms. The van der Waals surface area contributed by atoms with Crippen molar-refractivity contribution in [2.75, 3.05) is 7.11 Å². The van der Waals surface area contributed by atoms with Crippen LogP contribution in [0.25, 0.3) is 22.0 Å². The fourth-order valence-electron chi connectivity index (χ4n) is 3.73. The first-order chi connectivity index (χ1) is 15.3. The third-order valence-corrected chi connectivity index (χ3v) is 5.07. The quantitative estimate of drug-likeness (QED) is 0.377. The van der Waals surface area contributed by atoms with Gasteiger partial charge in [0.15, 0.2) is 0 Å². The molecule has 0 unspecified atom stereocenters. The highest BCUT2D eigenvalue weighted by atomic mass is 16.6. The Balaban J connectivity index is 2.04. The number of fused-ring (bicyclic) bond motifs is 1. The van der Waals surface area contributed by atoms with E-state index in [1.807, 2.05) is 75.4 Å². The van der Waals surface area contributed by atoms with Gasteiger partial charge in [0.05, 0.1) is 12.6 Å². The fourth-order valence-corrected chi connectivity index (χ4v) is 3.73. The minimum atomic E-state index is -0.717. The maximum Gasteiger partial charge on any atom is 0.356 e. The summed E-state index contributed by atoms with van der Waals surface area (Å²) in [7, 11) is 1.60. The average molecular weight is 428 g/mol. The van der Waals surface area contributed by atoms with Gasteiger partial charge in [-0.1, -0.05) is 48.5 Å². The minimum absolute atomic E-state index is 0.208. The van der Waals surface area contributed by atoms with Crippen LogP contribution in [0.15, 0.2) is 78.9 Å². The first-order valence-corrected chi connectivity index (χ1v) is 10.4. The highest BCUT2D eigenvalue weighted by molar-refractivity contribution is 6.15. The van der Waals surface area contributed by atoms with Crippen LogP contribution in [0.2, 0.25) is 0 Å². The number of hydrogen-bond acceptors (Lipinski definition) is 4. The molecule has 0 bridgehead atoms. The number of benzene rings is 3. The lowest BCUT2D eigenvalue weighted by Gasteiger charge is -2.21. The summed E-state index contributed by atoms with van der Waals surface area (Å²) >= 11 is 0. The van der Waals surface area contributed by atoms with Gasteiger partial charge in [-0.05, 0) is 56.7 Å². The Bertz CT molecular complexity index is 1280. The maximum absolute atomic E-state index is 13.6. The van der Waals surface area contributed by atoms with Crippen molar-refractivity contribution in [3.05, 3.63) is 90.1 Å². The molecule has 0 N–H and O–H groups in total. The number of methoxy groups -OCH3 is 1. The smallest absolute Gasteiger partial charge is 0.356 e. The molecule has 0 aliphatic heterocycles. The second-order valence-electron chi connectivity index (χ2n) is 8.48. The number of ether oxygens (including phenoxy) is 2. The lowest BCUT2D eigenvalue weighted by atomic mass is 10.0.